The fourth-order valence-corrected chi connectivity index (χ4v) is 5.87. The van der Waals surface area contributed by atoms with Crippen LogP contribution in [0.15, 0.2) is 46.2 Å². The molecular formula is C17H15ClN2O3S2. The van der Waals surface area contributed by atoms with Gasteiger partial charge in [0.15, 0.2) is 0 Å². The highest BCUT2D eigenvalue weighted by atomic mass is 35.5. The number of rotatable bonds is 3. The predicted molar refractivity (Wildman–Crippen MR) is 100 cm³/mol. The molecule has 0 saturated carbocycles. The molecule has 1 N–H and O–H groups in total. The Morgan fingerprint density at radius 2 is 2.08 bits per heavy atom. The quantitative estimate of drug-likeness (QED) is 0.864. The lowest BCUT2D eigenvalue weighted by atomic mass is 10.1. The molecule has 1 unspecified atom stereocenters. The molecule has 130 valence electrons. The first kappa shape index (κ1) is 16.8. The number of sulfonamides is 1. The summed E-state index contributed by atoms with van der Waals surface area (Å²) in [5, 5.41) is 0.733. The summed E-state index contributed by atoms with van der Waals surface area (Å²) in [4.78, 5) is 15.2. The van der Waals surface area contributed by atoms with Crippen molar-refractivity contribution < 1.29 is 13.2 Å². The first-order valence-electron chi connectivity index (χ1n) is 7.76. The van der Waals surface area contributed by atoms with E-state index in [1.807, 2.05) is 0 Å². The monoisotopic (exact) mass is 394 g/mol. The van der Waals surface area contributed by atoms with Gasteiger partial charge in [0.1, 0.15) is 0 Å². The molecule has 2 aliphatic rings. The third kappa shape index (κ3) is 2.90. The van der Waals surface area contributed by atoms with Gasteiger partial charge < -0.3 is 4.90 Å². The number of halogens is 1. The molecule has 0 spiro atoms. The lowest BCUT2D eigenvalue weighted by Gasteiger charge is -2.29. The zero-order valence-corrected chi connectivity index (χ0v) is 15.7. The minimum atomic E-state index is -3.81. The smallest absolute Gasteiger partial charge is 0.262 e. The van der Waals surface area contributed by atoms with E-state index < -0.39 is 10.0 Å². The third-order valence-electron chi connectivity index (χ3n) is 4.24. The van der Waals surface area contributed by atoms with Crippen LogP contribution < -0.4 is 9.62 Å². The molecule has 0 bridgehead atoms. The Morgan fingerprint density at radius 3 is 2.84 bits per heavy atom. The van der Waals surface area contributed by atoms with E-state index >= 15 is 0 Å². The molecule has 2 aliphatic heterocycles. The summed E-state index contributed by atoms with van der Waals surface area (Å²) < 4.78 is 28.3. The Morgan fingerprint density at radius 1 is 1.28 bits per heavy atom. The summed E-state index contributed by atoms with van der Waals surface area (Å²) in [6.07, 6.45) is 0.113. The van der Waals surface area contributed by atoms with Gasteiger partial charge in [-0.2, -0.15) is 0 Å². The van der Waals surface area contributed by atoms with Crippen LogP contribution in [0.25, 0.3) is 0 Å². The van der Waals surface area contributed by atoms with Gasteiger partial charge in [0.25, 0.3) is 10.0 Å². The number of anilines is 2. The number of benzene rings is 2. The normalized spacial score (nSPS) is 19.0. The Kier molecular flexibility index (Phi) is 3.97. The molecule has 0 saturated heterocycles. The topological polar surface area (TPSA) is 66.5 Å². The Hall–Kier alpha value is -1.70. The van der Waals surface area contributed by atoms with Crippen LogP contribution in [0.4, 0.5) is 11.4 Å². The molecule has 8 heteroatoms. The maximum absolute atomic E-state index is 12.9. The number of carbonyl (C=O) groups is 1. The SMILES string of the molecule is CC1CN2C(=O)Cc3c(S(=O)(=O)Nc4cccc(Cl)c4)ccc(c32)S1. The van der Waals surface area contributed by atoms with Gasteiger partial charge in [-0.3, -0.25) is 9.52 Å². The standard InChI is InChI=1S/C17H15ClN2O3S2/c1-10-9-20-16(21)8-13-15(6-5-14(24-10)17(13)20)25(22,23)19-12-4-2-3-11(18)7-12/h2-7,10,19H,8-9H2,1H3. The molecule has 0 aliphatic carbocycles. The molecule has 2 aromatic rings. The van der Waals surface area contributed by atoms with Crippen molar-refractivity contribution in [1.82, 2.24) is 0 Å². The molecular weight excluding hydrogens is 380 g/mol. The summed E-state index contributed by atoms with van der Waals surface area (Å²) in [5.41, 5.74) is 1.72. The van der Waals surface area contributed by atoms with E-state index in [0.29, 0.717) is 22.8 Å². The molecule has 0 radical (unpaired) electrons. The summed E-state index contributed by atoms with van der Waals surface area (Å²) in [7, 11) is -3.81. The zero-order chi connectivity index (χ0) is 17.8. The molecule has 0 aromatic heterocycles. The van der Waals surface area contributed by atoms with Gasteiger partial charge in [-0.25, -0.2) is 8.42 Å². The number of nitrogens with zero attached hydrogens (tertiary/aromatic N) is 1. The molecule has 5 nitrogen and oxygen atoms in total. The van der Waals surface area contributed by atoms with Gasteiger partial charge >= 0.3 is 0 Å². The lowest BCUT2D eigenvalue weighted by molar-refractivity contribution is -0.117. The van der Waals surface area contributed by atoms with Gasteiger partial charge in [-0.05, 0) is 30.3 Å². The van der Waals surface area contributed by atoms with Crippen LogP contribution in [0.2, 0.25) is 5.02 Å². The Bertz CT molecular complexity index is 991. The molecule has 0 fully saturated rings. The molecule has 25 heavy (non-hydrogen) atoms. The van der Waals surface area contributed by atoms with E-state index in [-0.39, 0.29) is 22.5 Å². The van der Waals surface area contributed by atoms with E-state index in [2.05, 4.69) is 11.6 Å². The van der Waals surface area contributed by atoms with Crippen LogP contribution in [-0.2, 0) is 21.2 Å². The highest BCUT2D eigenvalue weighted by Gasteiger charge is 2.38. The van der Waals surface area contributed by atoms with Gasteiger partial charge in [0.05, 0.1) is 22.7 Å². The number of hydrogen-bond acceptors (Lipinski definition) is 4. The van der Waals surface area contributed by atoms with Crippen molar-refractivity contribution in [2.75, 3.05) is 16.2 Å². The van der Waals surface area contributed by atoms with Crippen LogP contribution in [0.3, 0.4) is 0 Å². The van der Waals surface area contributed by atoms with E-state index in [9.17, 15) is 13.2 Å². The van der Waals surface area contributed by atoms with Crippen LogP contribution in [0, 0.1) is 0 Å². The second-order valence-corrected chi connectivity index (χ2v) is 9.68. The number of hydrogen-bond donors (Lipinski definition) is 1. The predicted octanol–water partition coefficient (Wildman–Crippen LogP) is 3.52. The van der Waals surface area contributed by atoms with Crippen molar-refractivity contribution in [3.63, 3.8) is 0 Å². The van der Waals surface area contributed by atoms with Crippen molar-refractivity contribution in [2.24, 2.45) is 0 Å². The first-order valence-corrected chi connectivity index (χ1v) is 10.5. The minimum absolute atomic E-state index is 0.0474. The van der Waals surface area contributed by atoms with E-state index in [1.54, 1.807) is 53.1 Å². The number of amides is 1. The second-order valence-electron chi connectivity index (χ2n) is 6.11. The highest BCUT2D eigenvalue weighted by molar-refractivity contribution is 8.00. The summed E-state index contributed by atoms with van der Waals surface area (Å²) in [6, 6.07) is 9.91. The summed E-state index contributed by atoms with van der Waals surface area (Å²) >= 11 is 7.59. The van der Waals surface area contributed by atoms with Gasteiger partial charge in [-0.15, -0.1) is 11.8 Å². The molecule has 2 aromatic carbocycles. The number of nitrogens with one attached hydrogen (secondary N) is 1. The van der Waals surface area contributed by atoms with E-state index in [4.69, 9.17) is 11.6 Å². The fourth-order valence-electron chi connectivity index (χ4n) is 3.25. The van der Waals surface area contributed by atoms with Crippen molar-refractivity contribution in [2.45, 2.75) is 28.4 Å². The van der Waals surface area contributed by atoms with Gasteiger partial charge in [0, 0.05) is 27.3 Å². The molecule has 1 amide bonds. The Labute approximate surface area is 155 Å². The summed E-state index contributed by atoms with van der Waals surface area (Å²) in [6.45, 7) is 2.67. The third-order valence-corrected chi connectivity index (χ3v) is 7.07. The lowest BCUT2D eigenvalue weighted by Crippen LogP contribution is -2.35. The van der Waals surface area contributed by atoms with Crippen molar-refractivity contribution in [3.8, 4) is 0 Å². The molecule has 1 atom stereocenters. The van der Waals surface area contributed by atoms with Crippen LogP contribution in [0.1, 0.15) is 12.5 Å². The van der Waals surface area contributed by atoms with Gasteiger partial charge in [0.2, 0.25) is 5.91 Å². The fraction of sp³-hybridized carbons (Fsp3) is 0.235. The number of thioether (sulfide) groups is 1. The Balaban J connectivity index is 1.79. The van der Waals surface area contributed by atoms with Crippen molar-refractivity contribution >= 4 is 50.7 Å². The maximum atomic E-state index is 12.9. The molecule has 4 rings (SSSR count). The van der Waals surface area contributed by atoms with E-state index in [1.165, 1.54) is 0 Å². The zero-order valence-electron chi connectivity index (χ0n) is 13.3. The van der Waals surface area contributed by atoms with Gasteiger partial charge in [-0.1, -0.05) is 24.6 Å². The first-order chi connectivity index (χ1) is 11.8. The van der Waals surface area contributed by atoms with Crippen molar-refractivity contribution in [3.05, 3.63) is 47.0 Å². The summed E-state index contributed by atoms with van der Waals surface area (Å²) in [5.74, 6) is -0.0474. The van der Waals surface area contributed by atoms with Crippen LogP contribution in [-0.4, -0.2) is 26.1 Å². The van der Waals surface area contributed by atoms with Crippen LogP contribution >= 0.6 is 23.4 Å². The average molecular weight is 395 g/mol. The van der Waals surface area contributed by atoms with Crippen molar-refractivity contribution in [1.29, 1.82) is 0 Å². The second kappa shape index (κ2) is 5.93. The minimum Gasteiger partial charge on any atom is -0.310 e. The largest absolute Gasteiger partial charge is 0.310 e. The number of carbonyl (C=O) groups excluding carboxylic acids is 1. The van der Waals surface area contributed by atoms with Crippen LogP contribution in [0.5, 0.6) is 0 Å². The average Bonchev–Trinajstić information content (AvgIpc) is 2.84. The van der Waals surface area contributed by atoms with E-state index in [0.717, 1.165) is 10.6 Å². The maximum Gasteiger partial charge on any atom is 0.262 e. The highest BCUT2D eigenvalue weighted by Crippen LogP contribution is 2.46. The molecule has 2 heterocycles.